The highest BCUT2D eigenvalue weighted by molar-refractivity contribution is 6.51. The number of nitro benzene ring substituents is 1. The average Bonchev–Trinajstić information content (AvgIpc) is 2.56. The third-order valence-corrected chi connectivity index (χ3v) is 3.07. The van der Waals surface area contributed by atoms with Crippen molar-refractivity contribution in [3.05, 3.63) is 69.2 Å². The number of hydrogen-bond donors (Lipinski definition) is 1. The fraction of sp³-hybridized carbons (Fsp3) is 0. The molecule has 8 heteroatoms. The molecule has 0 saturated heterocycles. The van der Waals surface area contributed by atoms with E-state index in [1.54, 1.807) is 12.1 Å². The van der Waals surface area contributed by atoms with E-state index in [1.807, 2.05) is 0 Å². The molecule has 0 radical (unpaired) electrons. The van der Waals surface area contributed by atoms with E-state index in [4.69, 9.17) is 16.9 Å². The Morgan fingerprint density at radius 2 is 1.87 bits per heavy atom. The van der Waals surface area contributed by atoms with E-state index in [-0.39, 0.29) is 16.9 Å². The number of halogens is 1. The molecule has 23 heavy (non-hydrogen) atoms. The molecule has 0 unspecified atom stereocenters. The molecule has 0 bridgehead atoms. The van der Waals surface area contributed by atoms with Gasteiger partial charge in [0.2, 0.25) is 11.5 Å². The number of carbonyl (C=O) groups is 1. The van der Waals surface area contributed by atoms with Crippen molar-refractivity contribution in [1.82, 2.24) is 0 Å². The second-order valence-electron chi connectivity index (χ2n) is 4.29. The van der Waals surface area contributed by atoms with Crippen molar-refractivity contribution >= 4 is 34.5 Å². The van der Waals surface area contributed by atoms with Crippen LogP contribution in [0.15, 0.2) is 53.6 Å². The van der Waals surface area contributed by atoms with Gasteiger partial charge in [0, 0.05) is 16.7 Å². The Morgan fingerprint density at radius 3 is 2.48 bits per heavy atom. The number of nitro groups is 1. The van der Waals surface area contributed by atoms with Gasteiger partial charge in [-0.15, -0.1) is 0 Å². The van der Waals surface area contributed by atoms with Crippen LogP contribution in [0.25, 0.3) is 0 Å². The number of ketones is 1. The number of hydrogen-bond acceptors (Lipinski definition) is 6. The number of rotatable bonds is 5. The van der Waals surface area contributed by atoms with Crippen LogP contribution in [0.4, 0.5) is 11.4 Å². The minimum absolute atomic E-state index is 0.0779. The van der Waals surface area contributed by atoms with Crippen molar-refractivity contribution in [1.29, 1.82) is 5.26 Å². The Morgan fingerprint density at radius 1 is 1.22 bits per heavy atom. The Labute approximate surface area is 136 Å². The minimum atomic E-state index is -0.616. The number of hydrazone groups is 1. The smallest absolute Gasteiger partial charge is 0.286 e. The van der Waals surface area contributed by atoms with E-state index in [0.29, 0.717) is 5.02 Å². The normalized spacial score (nSPS) is 10.7. The van der Waals surface area contributed by atoms with Crippen molar-refractivity contribution in [2.24, 2.45) is 5.10 Å². The molecule has 7 nitrogen and oxygen atoms in total. The maximum atomic E-state index is 12.2. The zero-order chi connectivity index (χ0) is 16.8. The van der Waals surface area contributed by atoms with E-state index >= 15 is 0 Å². The second-order valence-corrected chi connectivity index (χ2v) is 4.73. The fourth-order valence-corrected chi connectivity index (χ4v) is 1.83. The van der Waals surface area contributed by atoms with Crippen LogP contribution in [0.2, 0.25) is 5.02 Å². The van der Waals surface area contributed by atoms with Crippen LogP contribution >= 0.6 is 11.6 Å². The number of para-hydroxylation sites is 2. The molecule has 0 aliphatic heterocycles. The van der Waals surface area contributed by atoms with Crippen molar-refractivity contribution in [3.63, 3.8) is 0 Å². The van der Waals surface area contributed by atoms with Gasteiger partial charge >= 0.3 is 0 Å². The zero-order valence-corrected chi connectivity index (χ0v) is 12.3. The average molecular weight is 329 g/mol. The van der Waals surface area contributed by atoms with Gasteiger partial charge in [0.05, 0.1) is 4.92 Å². The van der Waals surface area contributed by atoms with Crippen molar-refractivity contribution in [2.45, 2.75) is 0 Å². The molecular formula is C15H9ClN4O3. The second kappa shape index (κ2) is 7.15. The van der Waals surface area contributed by atoms with Crippen molar-refractivity contribution in [3.8, 4) is 6.07 Å². The lowest BCUT2D eigenvalue weighted by Crippen LogP contribution is -2.14. The maximum absolute atomic E-state index is 12.2. The molecule has 0 fully saturated rings. The van der Waals surface area contributed by atoms with E-state index in [1.165, 1.54) is 42.5 Å². The molecule has 0 saturated carbocycles. The van der Waals surface area contributed by atoms with Gasteiger partial charge in [-0.25, -0.2) is 0 Å². The highest BCUT2D eigenvalue weighted by atomic mass is 35.5. The monoisotopic (exact) mass is 328 g/mol. The SMILES string of the molecule is N#C/C(=N/Nc1ccccc1[N+](=O)[O-])C(=O)c1ccc(Cl)cc1. The van der Waals surface area contributed by atoms with E-state index in [0.717, 1.165) is 0 Å². The first-order valence-corrected chi connectivity index (χ1v) is 6.68. The minimum Gasteiger partial charge on any atom is -0.286 e. The van der Waals surface area contributed by atoms with Crippen LogP contribution in [0.5, 0.6) is 0 Å². The first kappa shape index (κ1) is 16.1. The van der Waals surface area contributed by atoms with Crippen LogP contribution in [0.3, 0.4) is 0 Å². The van der Waals surface area contributed by atoms with Crippen LogP contribution in [-0.4, -0.2) is 16.4 Å². The van der Waals surface area contributed by atoms with Crippen LogP contribution in [0.1, 0.15) is 10.4 Å². The number of nitrogens with zero attached hydrogens (tertiary/aromatic N) is 3. The van der Waals surface area contributed by atoms with E-state index < -0.39 is 16.4 Å². The molecule has 2 rings (SSSR count). The summed E-state index contributed by atoms with van der Waals surface area (Å²) in [4.78, 5) is 22.5. The predicted molar refractivity (Wildman–Crippen MR) is 85.5 cm³/mol. The predicted octanol–water partition coefficient (Wildman–Crippen LogP) is 3.42. The number of carbonyl (C=O) groups excluding carboxylic acids is 1. The molecule has 0 amide bonds. The zero-order valence-electron chi connectivity index (χ0n) is 11.6. The van der Waals surface area contributed by atoms with Gasteiger partial charge in [-0.2, -0.15) is 10.4 Å². The molecule has 0 heterocycles. The number of Topliss-reactive ketones (excluding diaryl/α,β-unsaturated/α-hetero) is 1. The summed E-state index contributed by atoms with van der Waals surface area (Å²) in [5.41, 5.74) is 2.06. The highest BCUT2D eigenvalue weighted by Gasteiger charge is 2.16. The molecule has 1 N–H and O–H groups in total. The summed E-state index contributed by atoms with van der Waals surface area (Å²) in [6.45, 7) is 0. The number of anilines is 1. The largest absolute Gasteiger partial charge is 0.294 e. The summed E-state index contributed by atoms with van der Waals surface area (Å²) in [6, 6.07) is 13.4. The molecule has 114 valence electrons. The lowest BCUT2D eigenvalue weighted by molar-refractivity contribution is -0.384. The summed E-state index contributed by atoms with van der Waals surface area (Å²) in [5, 5.41) is 24.1. The quantitative estimate of drug-likeness (QED) is 0.391. The topological polar surface area (TPSA) is 108 Å². The van der Waals surface area contributed by atoms with Crippen LogP contribution < -0.4 is 5.43 Å². The molecule has 0 aliphatic rings. The molecule has 2 aromatic rings. The molecule has 0 atom stereocenters. The lowest BCUT2D eigenvalue weighted by Gasteiger charge is -2.03. The van der Waals surface area contributed by atoms with Gasteiger partial charge in [0.15, 0.2) is 0 Å². The molecule has 0 aliphatic carbocycles. The number of nitriles is 1. The van der Waals surface area contributed by atoms with E-state index in [9.17, 15) is 14.9 Å². The first-order valence-electron chi connectivity index (χ1n) is 6.30. The number of benzene rings is 2. The molecule has 0 spiro atoms. The fourth-order valence-electron chi connectivity index (χ4n) is 1.71. The Bertz CT molecular complexity index is 825. The summed E-state index contributed by atoms with van der Waals surface area (Å²) in [7, 11) is 0. The maximum Gasteiger partial charge on any atom is 0.294 e. The third kappa shape index (κ3) is 3.90. The van der Waals surface area contributed by atoms with Crippen LogP contribution in [0, 0.1) is 21.4 Å². The summed E-state index contributed by atoms with van der Waals surface area (Å²) < 4.78 is 0. The number of nitrogens with one attached hydrogen (secondary N) is 1. The van der Waals surface area contributed by atoms with Gasteiger partial charge in [-0.3, -0.25) is 20.3 Å². The van der Waals surface area contributed by atoms with Crippen molar-refractivity contribution in [2.75, 3.05) is 5.43 Å². The van der Waals surface area contributed by atoms with Crippen molar-refractivity contribution < 1.29 is 9.72 Å². The Hall–Kier alpha value is -3.24. The molecule has 2 aromatic carbocycles. The summed E-state index contributed by atoms with van der Waals surface area (Å²) in [6.07, 6.45) is 0. The van der Waals surface area contributed by atoms with Crippen LogP contribution in [-0.2, 0) is 0 Å². The lowest BCUT2D eigenvalue weighted by atomic mass is 10.1. The van der Waals surface area contributed by atoms with Gasteiger partial charge in [0.1, 0.15) is 11.8 Å². The van der Waals surface area contributed by atoms with E-state index in [2.05, 4.69) is 10.5 Å². The highest BCUT2D eigenvalue weighted by Crippen LogP contribution is 2.23. The third-order valence-electron chi connectivity index (χ3n) is 2.82. The first-order chi connectivity index (χ1) is 11.0. The summed E-state index contributed by atoms with van der Waals surface area (Å²) in [5.74, 6) is -0.616. The standard InChI is InChI=1S/C15H9ClN4O3/c16-11-7-5-10(6-8-11)15(21)13(9-17)19-18-12-3-1-2-4-14(12)20(22)23/h1-8,18H/b19-13-. The Balaban J connectivity index is 2.26. The summed E-state index contributed by atoms with van der Waals surface area (Å²) >= 11 is 5.74. The van der Waals surface area contributed by atoms with Gasteiger partial charge in [0.25, 0.3) is 5.69 Å². The Kier molecular flexibility index (Phi) is 5.02. The van der Waals surface area contributed by atoms with Gasteiger partial charge in [-0.05, 0) is 30.3 Å². The van der Waals surface area contributed by atoms with Gasteiger partial charge in [-0.1, -0.05) is 23.7 Å². The molecule has 0 aromatic heterocycles. The molecular weight excluding hydrogens is 320 g/mol. The van der Waals surface area contributed by atoms with Gasteiger partial charge < -0.3 is 0 Å².